The van der Waals surface area contributed by atoms with Crippen LogP contribution in [0.5, 0.6) is 0 Å². The average Bonchev–Trinajstić information content (AvgIpc) is 2.67. The maximum Gasteiger partial charge on any atom is 0.242 e. The van der Waals surface area contributed by atoms with Gasteiger partial charge in [-0.2, -0.15) is 0 Å². The van der Waals surface area contributed by atoms with Crippen LogP contribution in [0, 0.1) is 11.7 Å². The summed E-state index contributed by atoms with van der Waals surface area (Å²) >= 11 is 0. The number of hydrogen-bond acceptors (Lipinski definition) is 3. The normalized spacial score (nSPS) is 18.9. The number of carbonyl (C=O) groups excluding carboxylic acids is 2. The van der Waals surface area contributed by atoms with Crippen molar-refractivity contribution in [3.05, 3.63) is 30.1 Å². The molecule has 1 aromatic rings. The van der Waals surface area contributed by atoms with Gasteiger partial charge in [0.2, 0.25) is 11.8 Å². The molecule has 0 bridgehead atoms. The highest BCUT2D eigenvalue weighted by Gasteiger charge is 2.25. The van der Waals surface area contributed by atoms with E-state index in [0.717, 1.165) is 25.7 Å². The fraction of sp³-hybridized carbons (Fsp3) is 0.579. The van der Waals surface area contributed by atoms with Gasteiger partial charge in [-0.05, 0) is 25.0 Å². The van der Waals surface area contributed by atoms with Crippen LogP contribution < -0.4 is 10.2 Å². The third-order valence-electron chi connectivity index (χ3n) is 5.22. The lowest BCUT2D eigenvalue weighted by Crippen LogP contribution is -2.51. The van der Waals surface area contributed by atoms with Crippen molar-refractivity contribution >= 4 is 17.5 Å². The smallest absolute Gasteiger partial charge is 0.242 e. The van der Waals surface area contributed by atoms with Crippen LogP contribution in [0.2, 0.25) is 0 Å². The molecule has 1 saturated carbocycles. The number of rotatable bonds is 4. The number of halogens is 1. The molecule has 1 aliphatic heterocycles. The molecule has 1 N–H and O–H groups in total. The maximum absolute atomic E-state index is 13.8. The van der Waals surface area contributed by atoms with Gasteiger partial charge in [-0.1, -0.05) is 31.4 Å². The van der Waals surface area contributed by atoms with Crippen LogP contribution in [0.15, 0.2) is 24.3 Å². The summed E-state index contributed by atoms with van der Waals surface area (Å²) in [5.41, 5.74) is 0.584. The van der Waals surface area contributed by atoms with E-state index in [4.69, 9.17) is 0 Å². The lowest BCUT2D eigenvalue weighted by atomic mass is 9.89. The fourth-order valence-electron chi connectivity index (χ4n) is 3.69. The predicted molar refractivity (Wildman–Crippen MR) is 94.8 cm³/mol. The van der Waals surface area contributed by atoms with E-state index in [-0.39, 0.29) is 30.1 Å². The van der Waals surface area contributed by atoms with E-state index in [1.165, 1.54) is 12.5 Å². The molecule has 0 radical (unpaired) electrons. The van der Waals surface area contributed by atoms with Crippen molar-refractivity contribution < 1.29 is 14.0 Å². The Morgan fingerprint density at radius 2 is 1.72 bits per heavy atom. The summed E-state index contributed by atoms with van der Waals surface area (Å²) in [4.78, 5) is 28.1. The molecule has 0 spiro atoms. The largest absolute Gasteiger partial charge is 0.366 e. The van der Waals surface area contributed by atoms with Crippen LogP contribution in [0.1, 0.15) is 32.1 Å². The Morgan fingerprint density at radius 1 is 1.04 bits per heavy atom. The topological polar surface area (TPSA) is 52.7 Å². The molecule has 136 valence electrons. The number of carbonyl (C=O) groups is 2. The van der Waals surface area contributed by atoms with Gasteiger partial charge < -0.3 is 15.1 Å². The van der Waals surface area contributed by atoms with E-state index >= 15 is 0 Å². The lowest BCUT2D eigenvalue weighted by molar-refractivity contribution is -0.134. The summed E-state index contributed by atoms with van der Waals surface area (Å²) < 4.78 is 13.8. The second-order valence-electron chi connectivity index (χ2n) is 6.87. The summed E-state index contributed by atoms with van der Waals surface area (Å²) in [6.45, 7) is 2.36. The van der Waals surface area contributed by atoms with Gasteiger partial charge in [0.25, 0.3) is 0 Å². The Kier molecular flexibility index (Phi) is 5.89. The number of nitrogens with zero attached hydrogens (tertiary/aromatic N) is 2. The first-order valence-corrected chi connectivity index (χ1v) is 9.20. The minimum absolute atomic E-state index is 0.0121. The van der Waals surface area contributed by atoms with Gasteiger partial charge in [-0.3, -0.25) is 9.59 Å². The first kappa shape index (κ1) is 17.7. The monoisotopic (exact) mass is 347 g/mol. The van der Waals surface area contributed by atoms with Crippen molar-refractivity contribution in [3.63, 3.8) is 0 Å². The summed E-state index contributed by atoms with van der Waals surface area (Å²) in [6.07, 6.45) is 5.27. The number of para-hydroxylation sites is 1. The van der Waals surface area contributed by atoms with Gasteiger partial charge in [0, 0.05) is 32.1 Å². The molecule has 2 fully saturated rings. The highest BCUT2D eigenvalue weighted by Crippen LogP contribution is 2.23. The van der Waals surface area contributed by atoms with E-state index in [1.54, 1.807) is 17.0 Å². The van der Waals surface area contributed by atoms with Gasteiger partial charge in [0.15, 0.2) is 0 Å². The van der Waals surface area contributed by atoms with Gasteiger partial charge in [-0.15, -0.1) is 0 Å². The first-order valence-electron chi connectivity index (χ1n) is 9.20. The molecule has 5 nitrogen and oxygen atoms in total. The van der Waals surface area contributed by atoms with Crippen LogP contribution in [-0.4, -0.2) is 49.4 Å². The molecule has 1 aromatic carbocycles. The Bertz CT molecular complexity index is 608. The summed E-state index contributed by atoms with van der Waals surface area (Å²) in [6, 6.07) is 6.70. The van der Waals surface area contributed by atoms with E-state index in [9.17, 15) is 14.0 Å². The molecule has 6 heteroatoms. The molecule has 0 aromatic heterocycles. The summed E-state index contributed by atoms with van der Waals surface area (Å²) in [5, 5.41) is 2.80. The third kappa shape index (κ3) is 4.50. The second-order valence-corrected chi connectivity index (χ2v) is 6.87. The highest BCUT2D eigenvalue weighted by molar-refractivity contribution is 5.86. The summed E-state index contributed by atoms with van der Waals surface area (Å²) in [5.74, 6) is -0.211. The molecule has 0 unspecified atom stereocenters. The van der Waals surface area contributed by atoms with Crippen molar-refractivity contribution in [2.24, 2.45) is 5.92 Å². The fourth-order valence-corrected chi connectivity index (χ4v) is 3.69. The summed E-state index contributed by atoms with van der Waals surface area (Å²) in [7, 11) is 0. The number of anilines is 1. The molecular formula is C19H26FN3O2. The number of benzene rings is 1. The van der Waals surface area contributed by atoms with Crippen molar-refractivity contribution in [2.45, 2.75) is 32.1 Å². The van der Waals surface area contributed by atoms with Crippen molar-refractivity contribution in [1.29, 1.82) is 0 Å². The van der Waals surface area contributed by atoms with Crippen molar-refractivity contribution in [1.82, 2.24) is 10.2 Å². The maximum atomic E-state index is 13.8. The van der Waals surface area contributed by atoms with E-state index in [1.807, 2.05) is 11.0 Å². The quantitative estimate of drug-likeness (QED) is 0.908. The van der Waals surface area contributed by atoms with Gasteiger partial charge in [0.05, 0.1) is 12.2 Å². The van der Waals surface area contributed by atoms with Gasteiger partial charge in [-0.25, -0.2) is 4.39 Å². The zero-order valence-electron chi connectivity index (χ0n) is 14.5. The van der Waals surface area contributed by atoms with Crippen LogP contribution >= 0.6 is 0 Å². The Hall–Kier alpha value is -2.11. The van der Waals surface area contributed by atoms with Gasteiger partial charge in [0.1, 0.15) is 5.82 Å². The molecule has 2 amide bonds. The molecule has 1 saturated heterocycles. The van der Waals surface area contributed by atoms with E-state index in [2.05, 4.69) is 5.32 Å². The molecular weight excluding hydrogens is 321 g/mol. The zero-order chi connectivity index (χ0) is 17.6. The van der Waals surface area contributed by atoms with Crippen LogP contribution in [-0.2, 0) is 9.59 Å². The Balaban J connectivity index is 1.44. The third-order valence-corrected chi connectivity index (χ3v) is 5.22. The number of hydrogen-bond donors (Lipinski definition) is 1. The SMILES string of the molecule is O=C(NCC(=O)N1CCN(c2ccccc2F)CC1)C1CCCCC1. The van der Waals surface area contributed by atoms with Crippen molar-refractivity contribution in [2.75, 3.05) is 37.6 Å². The Morgan fingerprint density at radius 3 is 2.40 bits per heavy atom. The molecule has 0 atom stereocenters. The highest BCUT2D eigenvalue weighted by atomic mass is 19.1. The van der Waals surface area contributed by atoms with Crippen LogP contribution in [0.3, 0.4) is 0 Å². The van der Waals surface area contributed by atoms with Crippen LogP contribution in [0.4, 0.5) is 10.1 Å². The lowest BCUT2D eigenvalue weighted by Gasteiger charge is -2.36. The number of nitrogens with one attached hydrogen (secondary N) is 1. The predicted octanol–water partition coefficient (Wildman–Crippen LogP) is 2.17. The zero-order valence-corrected chi connectivity index (χ0v) is 14.5. The first-order chi connectivity index (χ1) is 12.1. The van der Waals surface area contributed by atoms with Gasteiger partial charge >= 0.3 is 0 Å². The van der Waals surface area contributed by atoms with E-state index in [0.29, 0.717) is 31.9 Å². The molecule has 2 aliphatic rings. The minimum Gasteiger partial charge on any atom is -0.366 e. The van der Waals surface area contributed by atoms with Crippen LogP contribution in [0.25, 0.3) is 0 Å². The standard InChI is InChI=1S/C19H26FN3O2/c20-16-8-4-5-9-17(16)22-10-12-23(13-11-22)18(24)14-21-19(25)15-6-2-1-3-7-15/h4-5,8-9,15H,1-3,6-7,10-14H2,(H,21,25). The molecule has 1 aliphatic carbocycles. The molecule has 1 heterocycles. The molecule has 3 rings (SSSR count). The minimum atomic E-state index is -0.234. The second kappa shape index (κ2) is 8.32. The Labute approximate surface area is 148 Å². The molecule has 25 heavy (non-hydrogen) atoms. The van der Waals surface area contributed by atoms with E-state index < -0.39 is 0 Å². The van der Waals surface area contributed by atoms with Crippen molar-refractivity contribution in [3.8, 4) is 0 Å². The number of amides is 2. The average molecular weight is 347 g/mol. The number of piperazine rings is 1.